The van der Waals surface area contributed by atoms with Crippen molar-refractivity contribution in [1.29, 1.82) is 0 Å². The molecule has 0 fully saturated rings. The molecule has 0 spiro atoms. The Kier molecular flexibility index (Phi) is 4.37. The van der Waals surface area contributed by atoms with Crippen LogP contribution in [0.2, 0.25) is 0 Å². The van der Waals surface area contributed by atoms with E-state index in [2.05, 4.69) is 15.4 Å². The quantitative estimate of drug-likeness (QED) is 0.580. The number of anilines is 1. The van der Waals surface area contributed by atoms with Crippen LogP contribution in [0.5, 0.6) is 0 Å². The van der Waals surface area contributed by atoms with Gasteiger partial charge in [0.15, 0.2) is 5.13 Å². The molecule has 6 nitrogen and oxygen atoms in total. The third-order valence-corrected chi connectivity index (χ3v) is 5.19. The number of aromatic nitrogens is 4. The van der Waals surface area contributed by atoms with Gasteiger partial charge >= 0.3 is 0 Å². The van der Waals surface area contributed by atoms with E-state index in [1.165, 1.54) is 11.3 Å². The van der Waals surface area contributed by atoms with Crippen molar-refractivity contribution in [1.82, 2.24) is 19.3 Å². The van der Waals surface area contributed by atoms with E-state index >= 15 is 0 Å². The molecule has 4 aromatic rings. The minimum atomic E-state index is -0.223. The number of hydrogen-bond donors (Lipinski definition) is 1. The Hall–Kier alpha value is -3.19. The fourth-order valence-electron chi connectivity index (χ4n) is 3.10. The van der Waals surface area contributed by atoms with E-state index in [0.717, 1.165) is 28.5 Å². The average Bonchev–Trinajstić information content (AvgIpc) is 3.36. The maximum absolute atomic E-state index is 12.9. The summed E-state index contributed by atoms with van der Waals surface area (Å²) in [5.41, 5.74) is 4.47. The van der Waals surface area contributed by atoms with Crippen LogP contribution in [0.25, 0.3) is 17.1 Å². The summed E-state index contributed by atoms with van der Waals surface area (Å²) in [6, 6.07) is 13.9. The number of thiazole rings is 1. The summed E-state index contributed by atoms with van der Waals surface area (Å²) in [7, 11) is 1.84. The number of rotatable bonds is 4. The molecule has 136 valence electrons. The maximum atomic E-state index is 12.9. The fraction of sp³-hybridized carbons (Fsp3) is 0.150. The summed E-state index contributed by atoms with van der Waals surface area (Å²) in [5, 5.41) is 9.70. The van der Waals surface area contributed by atoms with Crippen LogP contribution in [0.4, 0.5) is 5.13 Å². The van der Waals surface area contributed by atoms with Crippen molar-refractivity contribution in [3.05, 3.63) is 71.0 Å². The van der Waals surface area contributed by atoms with E-state index in [1.807, 2.05) is 73.3 Å². The predicted molar refractivity (Wildman–Crippen MR) is 108 cm³/mol. The molecule has 0 radical (unpaired) electrons. The van der Waals surface area contributed by atoms with Gasteiger partial charge in [0.25, 0.3) is 5.91 Å². The van der Waals surface area contributed by atoms with Crippen LogP contribution >= 0.6 is 11.3 Å². The van der Waals surface area contributed by atoms with E-state index in [-0.39, 0.29) is 5.91 Å². The topological polar surface area (TPSA) is 64.7 Å². The standard InChI is InChI=1S/C20H19N5OS/c1-13-9-10-14(2)25(13)19-16(11-21-24(19)3)18(26)23-20-22-17(12-27-20)15-7-5-4-6-8-15/h4-12H,1-3H3,(H,22,23,26). The van der Waals surface area contributed by atoms with E-state index in [4.69, 9.17) is 0 Å². The second kappa shape index (κ2) is 6.85. The number of nitrogens with zero attached hydrogens (tertiary/aromatic N) is 4. The molecule has 1 N–H and O–H groups in total. The van der Waals surface area contributed by atoms with Crippen molar-refractivity contribution >= 4 is 22.4 Å². The van der Waals surface area contributed by atoms with Crippen LogP contribution in [0.3, 0.4) is 0 Å². The van der Waals surface area contributed by atoms with Gasteiger partial charge in [-0.1, -0.05) is 30.3 Å². The monoisotopic (exact) mass is 377 g/mol. The SMILES string of the molecule is Cc1ccc(C)n1-c1c(C(=O)Nc2nc(-c3ccccc3)cs2)cnn1C. The molecule has 1 aromatic carbocycles. The number of hydrogen-bond acceptors (Lipinski definition) is 4. The highest BCUT2D eigenvalue weighted by atomic mass is 32.1. The van der Waals surface area contributed by atoms with Gasteiger partial charge < -0.3 is 4.57 Å². The molecule has 4 rings (SSSR count). The van der Waals surface area contributed by atoms with E-state index < -0.39 is 0 Å². The minimum Gasteiger partial charge on any atom is -0.303 e. The second-order valence-electron chi connectivity index (χ2n) is 6.32. The van der Waals surface area contributed by atoms with Gasteiger partial charge in [-0.05, 0) is 26.0 Å². The normalized spacial score (nSPS) is 10.9. The van der Waals surface area contributed by atoms with Crippen LogP contribution in [-0.4, -0.2) is 25.2 Å². The Morgan fingerprint density at radius 2 is 1.78 bits per heavy atom. The minimum absolute atomic E-state index is 0.223. The van der Waals surface area contributed by atoms with E-state index in [0.29, 0.717) is 10.7 Å². The molecule has 0 saturated carbocycles. The summed E-state index contributed by atoms with van der Waals surface area (Å²) in [5.74, 6) is 0.520. The molecule has 0 saturated heterocycles. The Morgan fingerprint density at radius 1 is 1.07 bits per heavy atom. The molecule has 0 aliphatic heterocycles. The average molecular weight is 377 g/mol. The van der Waals surface area contributed by atoms with Crippen molar-refractivity contribution in [3.8, 4) is 17.1 Å². The van der Waals surface area contributed by atoms with Gasteiger partial charge in [-0.3, -0.25) is 14.8 Å². The number of aryl methyl sites for hydroxylation is 3. The van der Waals surface area contributed by atoms with Crippen molar-refractivity contribution in [2.75, 3.05) is 5.32 Å². The summed E-state index contributed by atoms with van der Waals surface area (Å²) in [4.78, 5) is 17.4. The fourth-order valence-corrected chi connectivity index (χ4v) is 3.81. The molecular formula is C20H19N5OS. The highest BCUT2D eigenvalue weighted by molar-refractivity contribution is 7.14. The molecule has 1 amide bonds. The first-order chi connectivity index (χ1) is 13.0. The van der Waals surface area contributed by atoms with Gasteiger partial charge in [-0.2, -0.15) is 5.10 Å². The van der Waals surface area contributed by atoms with Crippen LogP contribution < -0.4 is 5.32 Å². The van der Waals surface area contributed by atoms with Crippen molar-refractivity contribution in [2.24, 2.45) is 7.05 Å². The van der Waals surface area contributed by atoms with Gasteiger partial charge in [-0.25, -0.2) is 4.98 Å². The molecule has 0 atom stereocenters. The lowest BCUT2D eigenvalue weighted by atomic mass is 10.2. The lowest BCUT2D eigenvalue weighted by Crippen LogP contribution is -2.16. The number of amides is 1. The zero-order chi connectivity index (χ0) is 19.0. The molecule has 0 unspecified atom stereocenters. The molecule has 27 heavy (non-hydrogen) atoms. The van der Waals surface area contributed by atoms with Crippen LogP contribution in [0.15, 0.2) is 54.0 Å². The van der Waals surface area contributed by atoms with Gasteiger partial charge in [0.05, 0.1) is 11.9 Å². The molecule has 0 aliphatic rings. The largest absolute Gasteiger partial charge is 0.303 e. The summed E-state index contributed by atoms with van der Waals surface area (Å²) < 4.78 is 3.74. The van der Waals surface area contributed by atoms with Gasteiger partial charge in [0.2, 0.25) is 0 Å². The van der Waals surface area contributed by atoms with E-state index in [9.17, 15) is 4.79 Å². The first kappa shape index (κ1) is 17.2. The Balaban J connectivity index is 1.63. The highest BCUT2D eigenvalue weighted by Crippen LogP contribution is 2.26. The van der Waals surface area contributed by atoms with Gasteiger partial charge in [-0.15, -0.1) is 11.3 Å². The smallest absolute Gasteiger partial charge is 0.262 e. The first-order valence-corrected chi connectivity index (χ1v) is 9.42. The molecule has 0 bridgehead atoms. The Morgan fingerprint density at radius 3 is 2.48 bits per heavy atom. The zero-order valence-electron chi connectivity index (χ0n) is 15.3. The molecular weight excluding hydrogens is 358 g/mol. The van der Waals surface area contributed by atoms with Crippen molar-refractivity contribution < 1.29 is 4.79 Å². The molecule has 3 heterocycles. The highest BCUT2D eigenvalue weighted by Gasteiger charge is 2.20. The van der Waals surface area contributed by atoms with E-state index in [1.54, 1.807) is 10.9 Å². The van der Waals surface area contributed by atoms with Gasteiger partial charge in [0, 0.05) is 29.4 Å². The Bertz CT molecular complexity index is 1090. The lowest BCUT2D eigenvalue weighted by molar-refractivity contribution is 0.102. The number of carbonyl (C=O) groups excluding carboxylic acids is 1. The van der Waals surface area contributed by atoms with Crippen LogP contribution in [0.1, 0.15) is 21.7 Å². The van der Waals surface area contributed by atoms with Crippen molar-refractivity contribution in [3.63, 3.8) is 0 Å². The maximum Gasteiger partial charge on any atom is 0.262 e. The molecule has 3 aromatic heterocycles. The third kappa shape index (κ3) is 3.17. The lowest BCUT2D eigenvalue weighted by Gasteiger charge is -2.12. The first-order valence-electron chi connectivity index (χ1n) is 8.54. The molecule has 7 heteroatoms. The summed E-state index contributed by atoms with van der Waals surface area (Å²) in [6.45, 7) is 4.02. The van der Waals surface area contributed by atoms with Gasteiger partial charge in [0.1, 0.15) is 11.4 Å². The summed E-state index contributed by atoms with van der Waals surface area (Å²) >= 11 is 1.41. The zero-order valence-corrected chi connectivity index (χ0v) is 16.1. The van der Waals surface area contributed by atoms with Crippen LogP contribution in [-0.2, 0) is 7.05 Å². The predicted octanol–water partition coefficient (Wildman–Crippen LogP) is 4.20. The Labute approximate surface area is 161 Å². The van der Waals surface area contributed by atoms with Crippen LogP contribution in [0, 0.1) is 13.8 Å². The number of nitrogens with one attached hydrogen (secondary N) is 1. The number of benzene rings is 1. The third-order valence-electron chi connectivity index (χ3n) is 4.43. The molecule has 0 aliphatic carbocycles. The summed E-state index contributed by atoms with van der Waals surface area (Å²) in [6.07, 6.45) is 1.59. The second-order valence-corrected chi connectivity index (χ2v) is 7.17. The van der Waals surface area contributed by atoms with Crippen molar-refractivity contribution in [2.45, 2.75) is 13.8 Å². The number of carbonyl (C=O) groups is 1.